The molecule has 0 amide bonds. The van der Waals surface area contributed by atoms with Gasteiger partial charge in [0.1, 0.15) is 25.3 Å². The molecule has 1 aliphatic rings. The molecule has 2 heterocycles. The molecule has 0 bridgehead atoms. The summed E-state index contributed by atoms with van der Waals surface area (Å²) in [6.07, 6.45) is 1.76. The minimum Gasteiger partial charge on any atom is -0.465 e. The summed E-state index contributed by atoms with van der Waals surface area (Å²) in [4.78, 5) is 12.2. The Balaban J connectivity index is 2.19. The maximum absolute atomic E-state index is 12.2. The van der Waals surface area contributed by atoms with Gasteiger partial charge in [0, 0.05) is 10.9 Å². The van der Waals surface area contributed by atoms with Crippen LogP contribution >= 0.6 is 0 Å². The van der Waals surface area contributed by atoms with E-state index in [1.165, 1.54) is 0 Å². The molecule has 1 atom stereocenters. The normalized spacial score (nSPS) is 18.4. The molecule has 2 aromatic rings. The molecule has 106 valence electrons. The van der Waals surface area contributed by atoms with E-state index >= 15 is 0 Å². The van der Waals surface area contributed by atoms with Crippen LogP contribution in [0.2, 0.25) is 19.6 Å². The Kier molecular flexibility index (Phi) is 3.01. The van der Waals surface area contributed by atoms with Gasteiger partial charge >= 0.3 is 5.97 Å². The summed E-state index contributed by atoms with van der Waals surface area (Å²) in [6, 6.07) is 6.15. The first-order valence-corrected chi connectivity index (χ1v) is 10.7. The number of hydrogen-bond donors (Lipinski definition) is 0. The van der Waals surface area contributed by atoms with Crippen LogP contribution in [0, 0.1) is 0 Å². The van der Waals surface area contributed by atoms with Crippen LogP contribution < -0.4 is 5.38 Å². The number of esters is 1. The van der Waals surface area contributed by atoms with Crippen LogP contribution in [0.5, 0.6) is 0 Å². The molecule has 3 rings (SSSR count). The highest BCUT2D eigenvalue weighted by molar-refractivity contribution is 6.87. The van der Waals surface area contributed by atoms with Crippen molar-refractivity contribution in [2.45, 2.75) is 45.5 Å². The minimum atomic E-state index is -1.52. The van der Waals surface area contributed by atoms with Gasteiger partial charge in [-0.05, 0) is 12.5 Å². The Morgan fingerprint density at radius 1 is 1.25 bits per heavy atom. The Labute approximate surface area is 119 Å². The summed E-state index contributed by atoms with van der Waals surface area (Å²) in [5.74, 6) is -0.236. The average molecular weight is 288 g/mol. The van der Waals surface area contributed by atoms with Crippen LogP contribution in [0.15, 0.2) is 22.6 Å². The molecule has 0 fully saturated rings. The Bertz CT molecular complexity index is 679. The van der Waals surface area contributed by atoms with Crippen LogP contribution in [-0.4, -0.2) is 14.0 Å². The number of furan rings is 1. The first-order valence-electron chi connectivity index (χ1n) is 7.19. The van der Waals surface area contributed by atoms with Crippen molar-refractivity contribution in [2.75, 3.05) is 0 Å². The first-order chi connectivity index (χ1) is 9.41. The van der Waals surface area contributed by atoms with Crippen LogP contribution in [0.25, 0.3) is 11.0 Å². The van der Waals surface area contributed by atoms with E-state index in [4.69, 9.17) is 9.15 Å². The third-order valence-corrected chi connectivity index (χ3v) is 5.53. The third kappa shape index (κ3) is 1.99. The number of hydrogen-bond acceptors (Lipinski definition) is 3. The molecule has 0 saturated carbocycles. The number of rotatable bonds is 3. The van der Waals surface area contributed by atoms with E-state index < -0.39 is 8.07 Å². The van der Waals surface area contributed by atoms with Crippen molar-refractivity contribution in [1.82, 2.24) is 0 Å². The van der Waals surface area contributed by atoms with Gasteiger partial charge in [0.2, 0.25) is 0 Å². The summed E-state index contributed by atoms with van der Waals surface area (Å²) >= 11 is 0. The standard InChI is InChI=1S/C16H20O3Si/c1-5-6-12-11-8-7-10-9-13(20(2,3)4)19-15(10)14(11)16(17)18-12/h7-9,12H,5-6H2,1-4H3/t12-/m1/s1. The van der Waals surface area contributed by atoms with Crippen molar-refractivity contribution in [1.29, 1.82) is 0 Å². The number of ether oxygens (including phenoxy) is 1. The largest absolute Gasteiger partial charge is 0.465 e. The second-order valence-corrected chi connectivity index (χ2v) is 11.5. The van der Waals surface area contributed by atoms with Crippen LogP contribution in [0.4, 0.5) is 0 Å². The molecular formula is C16H20O3Si. The average Bonchev–Trinajstić information content (AvgIpc) is 2.91. The van der Waals surface area contributed by atoms with Gasteiger partial charge in [-0.2, -0.15) is 0 Å². The number of carbonyl (C=O) groups is 1. The molecular weight excluding hydrogens is 268 g/mol. The number of carbonyl (C=O) groups excluding carboxylic acids is 1. The molecule has 3 nitrogen and oxygen atoms in total. The third-order valence-electron chi connectivity index (χ3n) is 3.81. The number of fused-ring (bicyclic) bond motifs is 3. The number of benzene rings is 1. The lowest BCUT2D eigenvalue weighted by Gasteiger charge is -2.10. The summed E-state index contributed by atoms with van der Waals surface area (Å²) in [5, 5.41) is 2.04. The molecule has 0 aliphatic carbocycles. The highest BCUT2D eigenvalue weighted by atomic mass is 28.3. The predicted molar refractivity (Wildman–Crippen MR) is 82.3 cm³/mol. The molecule has 0 unspecified atom stereocenters. The van der Waals surface area contributed by atoms with Gasteiger partial charge in [0.25, 0.3) is 0 Å². The molecule has 0 N–H and O–H groups in total. The molecule has 1 aromatic carbocycles. The molecule has 20 heavy (non-hydrogen) atoms. The summed E-state index contributed by atoms with van der Waals surface area (Å²) in [5.41, 5.74) is 2.34. The van der Waals surface area contributed by atoms with E-state index in [1.54, 1.807) is 0 Å². The lowest BCUT2D eigenvalue weighted by atomic mass is 10.0. The predicted octanol–water partition coefficient (Wildman–Crippen LogP) is 3.99. The Morgan fingerprint density at radius 3 is 2.65 bits per heavy atom. The summed E-state index contributed by atoms with van der Waals surface area (Å²) in [6.45, 7) is 8.82. The fourth-order valence-electron chi connectivity index (χ4n) is 2.69. The minimum absolute atomic E-state index is 0.104. The van der Waals surface area contributed by atoms with Crippen molar-refractivity contribution in [2.24, 2.45) is 0 Å². The Hall–Kier alpha value is -1.55. The highest BCUT2D eigenvalue weighted by Gasteiger charge is 2.34. The van der Waals surface area contributed by atoms with Gasteiger partial charge in [0.05, 0.1) is 5.38 Å². The maximum atomic E-state index is 12.2. The second-order valence-electron chi connectivity index (χ2n) is 6.49. The lowest BCUT2D eigenvalue weighted by Crippen LogP contribution is -2.36. The fraction of sp³-hybridized carbons (Fsp3) is 0.438. The zero-order chi connectivity index (χ0) is 14.5. The van der Waals surface area contributed by atoms with E-state index in [0.717, 1.165) is 29.2 Å². The van der Waals surface area contributed by atoms with Crippen molar-refractivity contribution < 1.29 is 13.9 Å². The van der Waals surface area contributed by atoms with Crippen molar-refractivity contribution in [3.8, 4) is 0 Å². The van der Waals surface area contributed by atoms with Crippen molar-refractivity contribution in [3.63, 3.8) is 0 Å². The molecule has 0 spiro atoms. The highest BCUT2D eigenvalue weighted by Crippen LogP contribution is 2.38. The van der Waals surface area contributed by atoms with Crippen LogP contribution in [0.1, 0.15) is 41.8 Å². The summed E-state index contributed by atoms with van der Waals surface area (Å²) < 4.78 is 11.5. The van der Waals surface area contributed by atoms with E-state index in [0.29, 0.717) is 11.1 Å². The fourth-order valence-corrected chi connectivity index (χ4v) is 3.69. The lowest BCUT2D eigenvalue weighted by molar-refractivity contribution is 0.0368. The monoisotopic (exact) mass is 288 g/mol. The smallest absolute Gasteiger partial charge is 0.343 e. The first kappa shape index (κ1) is 13.4. The van der Waals surface area contributed by atoms with Crippen LogP contribution in [-0.2, 0) is 4.74 Å². The van der Waals surface area contributed by atoms with E-state index in [2.05, 4.69) is 32.6 Å². The van der Waals surface area contributed by atoms with E-state index in [-0.39, 0.29) is 12.1 Å². The second kappa shape index (κ2) is 4.48. The number of cyclic esters (lactones) is 1. The van der Waals surface area contributed by atoms with Gasteiger partial charge in [-0.3, -0.25) is 0 Å². The van der Waals surface area contributed by atoms with Gasteiger partial charge in [-0.15, -0.1) is 0 Å². The summed E-state index contributed by atoms with van der Waals surface area (Å²) in [7, 11) is -1.52. The van der Waals surface area contributed by atoms with Gasteiger partial charge in [-0.1, -0.05) is 45.1 Å². The van der Waals surface area contributed by atoms with E-state index in [9.17, 15) is 4.79 Å². The molecule has 0 radical (unpaired) electrons. The quantitative estimate of drug-likeness (QED) is 0.633. The van der Waals surface area contributed by atoms with Crippen LogP contribution in [0.3, 0.4) is 0 Å². The zero-order valence-corrected chi connectivity index (χ0v) is 13.4. The Morgan fingerprint density at radius 2 is 2.00 bits per heavy atom. The molecule has 1 aromatic heterocycles. The SMILES string of the molecule is CCC[C@H]1OC(=O)c2c1ccc1cc([Si](C)(C)C)oc21. The molecule has 1 aliphatic heterocycles. The van der Waals surface area contributed by atoms with Gasteiger partial charge < -0.3 is 9.15 Å². The van der Waals surface area contributed by atoms with Crippen molar-refractivity contribution >= 4 is 30.4 Å². The van der Waals surface area contributed by atoms with E-state index in [1.807, 2.05) is 12.1 Å². The van der Waals surface area contributed by atoms with Gasteiger partial charge in [-0.25, -0.2) is 4.79 Å². The molecule has 0 saturated heterocycles. The molecule has 4 heteroatoms. The van der Waals surface area contributed by atoms with Crippen molar-refractivity contribution in [3.05, 3.63) is 29.3 Å². The van der Waals surface area contributed by atoms with Gasteiger partial charge in [0.15, 0.2) is 0 Å². The topological polar surface area (TPSA) is 39.4 Å². The zero-order valence-electron chi connectivity index (χ0n) is 12.4. The maximum Gasteiger partial charge on any atom is 0.343 e.